The molecule has 4 heteroatoms. The normalized spacial score (nSPS) is 11.6. The average Bonchev–Trinajstić information content (AvgIpc) is 3.03. The van der Waals surface area contributed by atoms with Crippen LogP contribution in [0.3, 0.4) is 0 Å². The number of ether oxygens (including phenoxy) is 1. The highest BCUT2D eigenvalue weighted by atomic mass is 19.1. The number of aryl methyl sites for hydroxylation is 1. The Bertz CT molecular complexity index is 1140. The fourth-order valence-corrected chi connectivity index (χ4v) is 3.61. The number of hydrogen-bond donors (Lipinski definition) is 0. The number of nitrogens with zero attached hydrogens (tertiary/aromatic N) is 1. The van der Waals surface area contributed by atoms with Crippen molar-refractivity contribution in [2.24, 2.45) is 0 Å². The molecule has 0 radical (unpaired) electrons. The Morgan fingerprint density at radius 3 is 2.63 bits per heavy atom. The average molecular weight is 363 g/mol. The van der Waals surface area contributed by atoms with E-state index < -0.39 is 0 Å². The predicted octanol–water partition coefficient (Wildman–Crippen LogP) is 6.15. The second-order valence-corrected chi connectivity index (χ2v) is 7.19. The second-order valence-electron chi connectivity index (χ2n) is 7.19. The van der Waals surface area contributed by atoms with Gasteiger partial charge in [0.05, 0.1) is 7.11 Å². The van der Waals surface area contributed by atoms with Gasteiger partial charge in [0, 0.05) is 34.7 Å². The maximum Gasteiger partial charge on any atom is 0.213 e. The summed E-state index contributed by atoms with van der Waals surface area (Å²) in [5.74, 6) is 1.34. The Balaban J connectivity index is 1.96. The minimum absolute atomic E-state index is 0.251. The summed E-state index contributed by atoms with van der Waals surface area (Å²) in [5.41, 5.74) is 3.91. The van der Waals surface area contributed by atoms with Crippen molar-refractivity contribution in [3.05, 3.63) is 70.7 Å². The second kappa shape index (κ2) is 6.69. The Kier molecular flexibility index (Phi) is 4.34. The van der Waals surface area contributed by atoms with Gasteiger partial charge in [0.2, 0.25) is 5.88 Å². The van der Waals surface area contributed by atoms with Crippen LogP contribution in [0.2, 0.25) is 0 Å². The zero-order chi connectivity index (χ0) is 19.1. The number of furan rings is 1. The van der Waals surface area contributed by atoms with E-state index in [1.807, 2.05) is 30.3 Å². The zero-order valence-corrected chi connectivity index (χ0v) is 16.0. The molecule has 27 heavy (non-hydrogen) atoms. The molecule has 0 saturated heterocycles. The van der Waals surface area contributed by atoms with Crippen LogP contribution in [0.1, 0.15) is 42.2 Å². The van der Waals surface area contributed by atoms with E-state index in [0.29, 0.717) is 23.4 Å². The van der Waals surface area contributed by atoms with Gasteiger partial charge in [0.1, 0.15) is 16.9 Å². The molecule has 0 aliphatic heterocycles. The molecule has 0 N–H and O–H groups in total. The molecule has 138 valence electrons. The first-order valence-corrected chi connectivity index (χ1v) is 9.12. The highest BCUT2D eigenvalue weighted by Gasteiger charge is 2.19. The molecule has 4 rings (SSSR count). The highest BCUT2D eigenvalue weighted by Crippen LogP contribution is 2.35. The predicted molar refractivity (Wildman–Crippen MR) is 106 cm³/mol. The summed E-state index contributed by atoms with van der Waals surface area (Å²) in [6.07, 6.45) is 0.627. The van der Waals surface area contributed by atoms with Crippen molar-refractivity contribution in [3.8, 4) is 5.88 Å². The van der Waals surface area contributed by atoms with Gasteiger partial charge in [-0.3, -0.25) is 0 Å². The molecular weight excluding hydrogens is 341 g/mol. The van der Waals surface area contributed by atoms with Gasteiger partial charge >= 0.3 is 0 Å². The van der Waals surface area contributed by atoms with Crippen molar-refractivity contribution < 1.29 is 13.5 Å². The molecule has 0 atom stereocenters. The van der Waals surface area contributed by atoms with E-state index in [1.165, 1.54) is 0 Å². The number of fused-ring (bicyclic) bond motifs is 2. The first kappa shape index (κ1) is 17.5. The van der Waals surface area contributed by atoms with E-state index in [9.17, 15) is 4.39 Å². The lowest BCUT2D eigenvalue weighted by atomic mass is 9.95. The fraction of sp³-hybridized carbons (Fsp3) is 0.261. The largest absolute Gasteiger partial charge is 0.481 e. The third kappa shape index (κ3) is 2.95. The van der Waals surface area contributed by atoms with Crippen LogP contribution in [0, 0.1) is 12.7 Å². The van der Waals surface area contributed by atoms with Crippen LogP contribution in [0.5, 0.6) is 5.88 Å². The van der Waals surface area contributed by atoms with Crippen LogP contribution < -0.4 is 4.74 Å². The molecule has 2 heterocycles. The third-order valence-corrected chi connectivity index (χ3v) is 5.01. The Morgan fingerprint density at radius 2 is 1.89 bits per heavy atom. The highest BCUT2D eigenvalue weighted by molar-refractivity contribution is 5.87. The summed E-state index contributed by atoms with van der Waals surface area (Å²) in [6, 6.07) is 13.7. The summed E-state index contributed by atoms with van der Waals surface area (Å²) in [7, 11) is 1.55. The van der Waals surface area contributed by atoms with E-state index in [1.54, 1.807) is 20.1 Å². The van der Waals surface area contributed by atoms with E-state index in [2.05, 4.69) is 24.9 Å². The smallest absolute Gasteiger partial charge is 0.213 e. The summed E-state index contributed by atoms with van der Waals surface area (Å²) in [4.78, 5) is 4.34. The van der Waals surface area contributed by atoms with Gasteiger partial charge in [0.15, 0.2) is 5.82 Å². The number of rotatable bonds is 4. The molecular formula is C23H22FNO2. The third-order valence-electron chi connectivity index (χ3n) is 5.01. The Hall–Kier alpha value is -2.88. The van der Waals surface area contributed by atoms with Crippen LogP contribution in [0.4, 0.5) is 4.39 Å². The van der Waals surface area contributed by atoms with Crippen molar-refractivity contribution in [2.45, 2.75) is 33.1 Å². The number of aromatic nitrogens is 1. The molecule has 0 saturated carbocycles. The number of para-hydroxylation sites is 1. The molecule has 0 aliphatic carbocycles. The summed E-state index contributed by atoms with van der Waals surface area (Å²) >= 11 is 0. The van der Waals surface area contributed by atoms with Crippen molar-refractivity contribution in [2.75, 3.05) is 7.11 Å². The van der Waals surface area contributed by atoms with Crippen LogP contribution in [0.15, 0.2) is 46.9 Å². The van der Waals surface area contributed by atoms with Crippen molar-refractivity contribution in [3.63, 3.8) is 0 Å². The Labute approximate surface area is 157 Å². The maximum atomic E-state index is 14.7. The van der Waals surface area contributed by atoms with Crippen molar-refractivity contribution in [1.82, 2.24) is 4.98 Å². The number of methoxy groups -OCH3 is 1. The number of benzene rings is 2. The topological polar surface area (TPSA) is 35.3 Å². The molecule has 0 spiro atoms. The molecule has 2 aromatic heterocycles. The van der Waals surface area contributed by atoms with Gasteiger partial charge in [-0.1, -0.05) is 44.2 Å². The number of hydrogen-bond acceptors (Lipinski definition) is 3. The lowest BCUT2D eigenvalue weighted by molar-refractivity contribution is 0.398. The van der Waals surface area contributed by atoms with Gasteiger partial charge in [0.25, 0.3) is 0 Å². The summed E-state index contributed by atoms with van der Waals surface area (Å²) < 4.78 is 26.2. The monoisotopic (exact) mass is 363 g/mol. The SMILES string of the molecule is COc1cc(Cc2c(C(C)C)oc3ccccc23)c2ccc(C)c(F)c2n1. The van der Waals surface area contributed by atoms with Crippen LogP contribution in [-0.4, -0.2) is 12.1 Å². The molecule has 2 aromatic carbocycles. The molecule has 3 nitrogen and oxygen atoms in total. The lowest BCUT2D eigenvalue weighted by Gasteiger charge is -2.12. The lowest BCUT2D eigenvalue weighted by Crippen LogP contribution is -2.00. The molecule has 0 fully saturated rings. The van der Waals surface area contributed by atoms with E-state index in [0.717, 1.165) is 33.2 Å². The molecule has 0 unspecified atom stereocenters. The van der Waals surface area contributed by atoms with Crippen LogP contribution in [0.25, 0.3) is 21.9 Å². The van der Waals surface area contributed by atoms with Crippen molar-refractivity contribution in [1.29, 1.82) is 0 Å². The van der Waals surface area contributed by atoms with Crippen molar-refractivity contribution >= 4 is 21.9 Å². The van der Waals surface area contributed by atoms with Gasteiger partial charge in [-0.25, -0.2) is 9.37 Å². The maximum absolute atomic E-state index is 14.7. The number of halogens is 1. The summed E-state index contributed by atoms with van der Waals surface area (Å²) in [6.45, 7) is 5.99. The van der Waals surface area contributed by atoms with E-state index >= 15 is 0 Å². The quantitative estimate of drug-likeness (QED) is 0.436. The minimum Gasteiger partial charge on any atom is -0.481 e. The summed E-state index contributed by atoms with van der Waals surface area (Å²) in [5, 5.41) is 1.90. The van der Waals surface area contributed by atoms with E-state index in [4.69, 9.17) is 9.15 Å². The molecule has 0 amide bonds. The van der Waals surface area contributed by atoms with Gasteiger partial charge in [-0.15, -0.1) is 0 Å². The number of pyridine rings is 1. The zero-order valence-electron chi connectivity index (χ0n) is 16.0. The van der Waals surface area contributed by atoms with Crippen LogP contribution >= 0.6 is 0 Å². The Morgan fingerprint density at radius 1 is 1.11 bits per heavy atom. The standard InChI is InChI=1S/C23H22FNO2/c1-13(2)23-18(17-7-5-6-8-19(17)27-23)11-15-12-20(26-4)25-22-16(15)10-9-14(3)21(22)24/h5-10,12-13H,11H2,1-4H3. The van der Waals surface area contributed by atoms with E-state index in [-0.39, 0.29) is 11.7 Å². The van der Waals surface area contributed by atoms with Gasteiger partial charge in [-0.2, -0.15) is 0 Å². The minimum atomic E-state index is -0.297. The van der Waals surface area contributed by atoms with Gasteiger partial charge in [-0.05, 0) is 24.1 Å². The molecule has 4 aromatic rings. The van der Waals surface area contributed by atoms with Gasteiger partial charge < -0.3 is 9.15 Å². The van der Waals surface area contributed by atoms with Crippen LogP contribution in [-0.2, 0) is 6.42 Å². The molecule has 0 aliphatic rings. The first-order valence-electron chi connectivity index (χ1n) is 9.12. The first-order chi connectivity index (χ1) is 13.0. The fourth-order valence-electron chi connectivity index (χ4n) is 3.61. The molecule has 0 bridgehead atoms.